The van der Waals surface area contributed by atoms with Gasteiger partial charge in [0.25, 0.3) is 0 Å². The number of nitrogens with two attached hydrogens (primary N) is 1. The summed E-state index contributed by atoms with van der Waals surface area (Å²) in [5.41, 5.74) is 5.85. The van der Waals surface area contributed by atoms with Crippen molar-refractivity contribution in [3.8, 4) is 5.75 Å². The molecule has 0 spiro atoms. The van der Waals surface area contributed by atoms with Gasteiger partial charge < -0.3 is 10.5 Å². The molecule has 0 fully saturated rings. The van der Waals surface area contributed by atoms with E-state index < -0.39 is 15.3 Å². The molecule has 1 aromatic rings. The fourth-order valence-corrected chi connectivity index (χ4v) is 3.38. The maximum atomic E-state index is 12.1. The first-order chi connectivity index (χ1) is 8.40. The smallest absolute Gasteiger partial charge is 0.242 e. The van der Waals surface area contributed by atoms with Gasteiger partial charge in [-0.15, -0.1) is 0 Å². The Hall–Kier alpha value is -1.34. The summed E-state index contributed by atoms with van der Waals surface area (Å²) in [4.78, 5) is -0.0344. The van der Waals surface area contributed by atoms with Gasteiger partial charge >= 0.3 is 0 Å². The van der Waals surface area contributed by atoms with Gasteiger partial charge in [0.05, 0.1) is 17.8 Å². The SMILES string of the molecule is CCC(C(N)=S)S(=O)(=O)Nc1cccc(OC)c1. The lowest BCUT2D eigenvalue weighted by Gasteiger charge is -2.16. The fourth-order valence-electron chi connectivity index (χ4n) is 1.50. The topological polar surface area (TPSA) is 81.4 Å². The molecular formula is C11H16N2O3S2. The van der Waals surface area contributed by atoms with Crippen LogP contribution in [0.5, 0.6) is 5.75 Å². The van der Waals surface area contributed by atoms with Crippen LogP contribution in [0.2, 0.25) is 0 Å². The van der Waals surface area contributed by atoms with E-state index in [1.807, 2.05) is 0 Å². The Morgan fingerprint density at radius 3 is 2.72 bits per heavy atom. The van der Waals surface area contributed by atoms with Crippen LogP contribution in [0.4, 0.5) is 5.69 Å². The number of anilines is 1. The summed E-state index contributed by atoms with van der Waals surface area (Å²) < 4.78 is 31.6. The molecule has 0 aromatic heterocycles. The molecule has 0 bridgehead atoms. The third-order valence-corrected chi connectivity index (χ3v) is 4.68. The van der Waals surface area contributed by atoms with Crippen molar-refractivity contribution < 1.29 is 13.2 Å². The average Bonchev–Trinajstić information content (AvgIpc) is 2.28. The monoisotopic (exact) mass is 288 g/mol. The van der Waals surface area contributed by atoms with E-state index in [2.05, 4.69) is 4.72 Å². The highest BCUT2D eigenvalue weighted by atomic mass is 32.2. The lowest BCUT2D eigenvalue weighted by atomic mass is 10.3. The molecule has 0 radical (unpaired) electrons. The summed E-state index contributed by atoms with van der Waals surface area (Å²) in [6.45, 7) is 1.72. The van der Waals surface area contributed by atoms with Crippen LogP contribution in [0, 0.1) is 0 Å². The third-order valence-electron chi connectivity index (χ3n) is 2.39. The van der Waals surface area contributed by atoms with Crippen molar-refractivity contribution in [2.24, 2.45) is 5.73 Å². The normalized spacial score (nSPS) is 12.8. The van der Waals surface area contributed by atoms with E-state index in [0.717, 1.165) is 0 Å². The van der Waals surface area contributed by atoms with Gasteiger partial charge in [0.15, 0.2) is 0 Å². The van der Waals surface area contributed by atoms with Gasteiger partial charge in [0.2, 0.25) is 10.0 Å². The Morgan fingerprint density at radius 1 is 1.56 bits per heavy atom. The van der Waals surface area contributed by atoms with Gasteiger partial charge in [-0.1, -0.05) is 25.2 Å². The van der Waals surface area contributed by atoms with Crippen molar-refractivity contribution in [2.75, 3.05) is 11.8 Å². The number of methoxy groups -OCH3 is 1. The largest absolute Gasteiger partial charge is 0.497 e. The highest BCUT2D eigenvalue weighted by molar-refractivity contribution is 7.95. The quantitative estimate of drug-likeness (QED) is 0.775. The zero-order valence-electron chi connectivity index (χ0n) is 10.2. The predicted octanol–water partition coefficient (Wildman–Crippen LogP) is 1.50. The molecule has 0 saturated carbocycles. The van der Waals surface area contributed by atoms with E-state index in [1.54, 1.807) is 31.2 Å². The van der Waals surface area contributed by atoms with Crippen LogP contribution in [0.25, 0.3) is 0 Å². The van der Waals surface area contributed by atoms with Crippen LogP contribution >= 0.6 is 12.2 Å². The lowest BCUT2D eigenvalue weighted by molar-refractivity contribution is 0.415. The first-order valence-corrected chi connectivity index (χ1v) is 7.31. The number of benzene rings is 1. The second kappa shape index (κ2) is 6.01. The summed E-state index contributed by atoms with van der Waals surface area (Å²) in [6.07, 6.45) is 0.328. The van der Waals surface area contributed by atoms with E-state index in [-0.39, 0.29) is 4.99 Å². The summed E-state index contributed by atoms with van der Waals surface area (Å²) in [7, 11) is -2.11. The molecule has 1 aromatic carbocycles. The van der Waals surface area contributed by atoms with Crippen molar-refractivity contribution in [3.05, 3.63) is 24.3 Å². The molecule has 0 aliphatic carbocycles. The number of nitrogens with one attached hydrogen (secondary N) is 1. The lowest BCUT2D eigenvalue weighted by Crippen LogP contribution is -2.37. The highest BCUT2D eigenvalue weighted by Gasteiger charge is 2.26. The molecule has 0 saturated heterocycles. The van der Waals surface area contributed by atoms with E-state index >= 15 is 0 Å². The highest BCUT2D eigenvalue weighted by Crippen LogP contribution is 2.19. The van der Waals surface area contributed by atoms with Crippen molar-refractivity contribution in [3.63, 3.8) is 0 Å². The maximum absolute atomic E-state index is 12.1. The Balaban J connectivity index is 2.97. The summed E-state index contributed by atoms with van der Waals surface area (Å²) in [6, 6.07) is 6.64. The molecule has 1 rings (SSSR count). The van der Waals surface area contributed by atoms with Gasteiger partial charge in [0.1, 0.15) is 11.0 Å². The van der Waals surface area contributed by atoms with Crippen molar-refractivity contribution >= 4 is 32.9 Å². The summed E-state index contributed by atoms with van der Waals surface area (Å²) >= 11 is 4.76. The second-order valence-corrected chi connectivity index (χ2v) is 6.01. The Kier molecular flexibility index (Phi) is 4.92. The van der Waals surface area contributed by atoms with Crippen LogP contribution in [-0.4, -0.2) is 25.8 Å². The van der Waals surface area contributed by atoms with Gasteiger partial charge in [-0.3, -0.25) is 4.72 Å². The van der Waals surface area contributed by atoms with Gasteiger partial charge in [-0.25, -0.2) is 8.42 Å². The Labute approximate surface area is 112 Å². The standard InChI is InChI=1S/C11H16N2O3S2/c1-3-10(11(12)17)18(14,15)13-8-5-4-6-9(7-8)16-2/h4-7,10,13H,3H2,1-2H3,(H2,12,17). The van der Waals surface area contributed by atoms with Crippen molar-refractivity contribution in [1.29, 1.82) is 0 Å². The van der Waals surface area contributed by atoms with E-state index in [4.69, 9.17) is 22.7 Å². The summed E-state index contributed by atoms with van der Waals surface area (Å²) in [5, 5.41) is -0.876. The first kappa shape index (κ1) is 14.7. The number of ether oxygens (including phenoxy) is 1. The molecule has 0 heterocycles. The van der Waals surface area contributed by atoms with Crippen LogP contribution in [0.3, 0.4) is 0 Å². The molecule has 1 unspecified atom stereocenters. The minimum Gasteiger partial charge on any atom is -0.497 e. The number of hydrogen-bond donors (Lipinski definition) is 2. The minimum atomic E-state index is -3.62. The van der Waals surface area contributed by atoms with Crippen molar-refractivity contribution in [1.82, 2.24) is 0 Å². The van der Waals surface area contributed by atoms with E-state index in [1.165, 1.54) is 7.11 Å². The molecular weight excluding hydrogens is 272 g/mol. The molecule has 7 heteroatoms. The summed E-state index contributed by atoms with van der Waals surface area (Å²) in [5.74, 6) is 0.568. The fraction of sp³-hybridized carbons (Fsp3) is 0.364. The number of hydrogen-bond acceptors (Lipinski definition) is 4. The number of rotatable bonds is 6. The van der Waals surface area contributed by atoms with E-state index in [9.17, 15) is 8.42 Å². The van der Waals surface area contributed by atoms with Gasteiger partial charge in [-0.2, -0.15) is 0 Å². The maximum Gasteiger partial charge on any atom is 0.242 e. The van der Waals surface area contributed by atoms with E-state index in [0.29, 0.717) is 17.9 Å². The van der Waals surface area contributed by atoms with Crippen LogP contribution < -0.4 is 15.2 Å². The van der Waals surface area contributed by atoms with Crippen molar-refractivity contribution in [2.45, 2.75) is 18.6 Å². The van der Waals surface area contributed by atoms with Crippen LogP contribution in [-0.2, 0) is 10.0 Å². The molecule has 5 nitrogen and oxygen atoms in total. The average molecular weight is 288 g/mol. The molecule has 0 aliphatic heterocycles. The van der Waals surface area contributed by atoms with Gasteiger partial charge in [0, 0.05) is 6.07 Å². The molecule has 18 heavy (non-hydrogen) atoms. The zero-order valence-corrected chi connectivity index (χ0v) is 11.8. The zero-order chi connectivity index (χ0) is 13.8. The van der Waals surface area contributed by atoms with Crippen LogP contribution in [0.15, 0.2) is 24.3 Å². The minimum absolute atomic E-state index is 0.0344. The Bertz CT molecular complexity index is 529. The van der Waals surface area contributed by atoms with Crippen LogP contribution in [0.1, 0.15) is 13.3 Å². The third kappa shape index (κ3) is 3.58. The number of thiocarbonyl (C=S) groups is 1. The Morgan fingerprint density at radius 2 is 2.22 bits per heavy atom. The predicted molar refractivity (Wildman–Crippen MR) is 76.4 cm³/mol. The number of sulfonamides is 1. The molecule has 3 N–H and O–H groups in total. The molecule has 1 atom stereocenters. The first-order valence-electron chi connectivity index (χ1n) is 5.35. The van der Waals surface area contributed by atoms with Gasteiger partial charge in [-0.05, 0) is 18.6 Å². The second-order valence-electron chi connectivity index (χ2n) is 3.68. The molecule has 0 amide bonds. The molecule has 0 aliphatic rings. The molecule has 100 valence electrons.